The zero-order chi connectivity index (χ0) is 13.7. The first-order valence-electron chi connectivity index (χ1n) is 6.84. The quantitative estimate of drug-likeness (QED) is 0.840. The highest BCUT2D eigenvalue weighted by Gasteiger charge is 2.17. The number of hydrogen-bond donors (Lipinski definition) is 1. The van der Waals surface area contributed by atoms with E-state index >= 15 is 0 Å². The fourth-order valence-electron chi connectivity index (χ4n) is 2.53. The molecule has 0 aliphatic carbocycles. The molecule has 0 spiro atoms. The van der Waals surface area contributed by atoms with E-state index in [-0.39, 0.29) is 6.54 Å². The van der Waals surface area contributed by atoms with Gasteiger partial charge in [-0.15, -0.1) is 0 Å². The van der Waals surface area contributed by atoms with Gasteiger partial charge in [0.1, 0.15) is 0 Å². The Balaban J connectivity index is 1.87. The van der Waals surface area contributed by atoms with Gasteiger partial charge in [0.05, 0.1) is 18.6 Å². The molecule has 2 rings (SSSR count). The van der Waals surface area contributed by atoms with Crippen LogP contribution in [0.25, 0.3) is 0 Å². The van der Waals surface area contributed by atoms with E-state index in [1.165, 1.54) is 5.69 Å². The molecule has 0 unspecified atom stereocenters. The van der Waals surface area contributed by atoms with Crippen molar-refractivity contribution < 1.29 is 9.90 Å². The van der Waals surface area contributed by atoms with E-state index in [1.54, 1.807) is 0 Å². The number of rotatable bonds is 5. The maximum atomic E-state index is 10.7. The van der Waals surface area contributed by atoms with Crippen LogP contribution in [0.4, 0.5) is 0 Å². The lowest BCUT2D eigenvalue weighted by Crippen LogP contribution is -2.34. The smallest absolute Gasteiger partial charge is 0.317 e. The number of hydrogen-bond acceptors (Lipinski definition) is 4. The molecular weight excluding hydrogens is 244 g/mol. The van der Waals surface area contributed by atoms with Crippen LogP contribution >= 0.6 is 0 Å². The number of carbonyl (C=O) groups is 1. The van der Waals surface area contributed by atoms with Crippen LogP contribution in [-0.4, -0.2) is 63.2 Å². The maximum Gasteiger partial charge on any atom is 0.317 e. The molecule has 0 atom stereocenters. The van der Waals surface area contributed by atoms with Gasteiger partial charge in [-0.3, -0.25) is 14.6 Å². The molecule has 19 heavy (non-hydrogen) atoms. The highest BCUT2D eigenvalue weighted by Crippen LogP contribution is 2.09. The summed E-state index contributed by atoms with van der Waals surface area (Å²) in [4.78, 5) is 19.3. The topological polar surface area (TPSA) is 61.6 Å². The summed E-state index contributed by atoms with van der Waals surface area (Å²) >= 11 is 0. The first-order chi connectivity index (χ1) is 9.19. The Labute approximate surface area is 113 Å². The zero-order valence-electron chi connectivity index (χ0n) is 11.5. The summed E-state index contributed by atoms with van der Waals surface area (Å²) in [6.45, 7) is 7.74. The van der Waals surface area contributed by atoms with Crippen LogP contribution in [0.5, 0.6) is 0 Å². The van der Waals surface area contributed by atoms with Crippen LogP contribution in [0, 0.1) is 0 Å². The first-order valence-corrected chi connectivity index (χ1v) is 6.84. The van der Waals surface area contributed by atoms with E-state index in [4.69, 9.17) is 5.11 Å². The number of carboxylic acid groups (broad SMARTS) is 1. The van der Waals surface area contributed by atoms with Gasteiger partial charge in [0.2, 0.25) is 0 Å². The fraction of sp³-hybridized carbons (Fsp3) is 0.692. The van der Waals surface area contributed by atoms with Crippen LogP contribution in [0.1, 0.15) is 19.0 Å². The number of aromatic nitrogens is 2. The number of imidazole rings is 1. The second kappa shape index (κ2) is 6.68. The number of carboxylic acids is 1. The molecule has 1 aromatic heterocycles. The molecule has 6 nitrogen and oxygen atoms in total. The summed E-state index contributed by atoms with van der Waals surface area (Å²) in [6, 6.07) is 0. The molecule has 1 aliphatic rings. The molecule has 0 saturated carbocycles. The van der Waals surface area contributed by atoms with E-state index in [1.807, 2.05) is 17.4 Å². The highest BCUT2D eigenvalue weighted by atomic mass is 16.4. The molecule has 0 radical (unpaired) electrons. The van der Waals surface area contributed by atoms with Crippen LogP contribution in [-0.2, 0) is 17.9 Å². The summed E-state index contributed by atoms with van der Waals surface area (Å²) in [6.07, 6.45) is 4.81. The van der Waals surface area contributed by atoms with Gasteiger partial charge in [-0.2, -0.15) is 0 Å². The predicted octanol–water partition coefficient (Wildman–Crippen LogP) is 0.495. The van der Waals surface area contributed by atoms with Crippen molar-refractivity contribution in [2.24, 2.45) is 0 Å². The lowest BCUT2D eigenvalue weighted by molar-refractivity contribution is -0.138. The minimum atomic E-state index is -0.738. The molecule has 6 heteroatoms. The van der Waals surface area contributed by atoms with Crippen molar-refractivity contribution in [3.05, 3.63) is 18.2 Å². The summed E-state index contributed by atoms with van der Waals surface area (Å²) < 4.78 is 2.15. The molecule has 1 N–H and O–H groups in total. The normalized spacial score (nSPS) is 18.4. The summed E-state index contributed by atoms with van der Waals surface area (Å²) in [5, 5.41) is 8.83. The molecule has 106 valence electrons. The lowest BCUT2D eigenvalue weighted by atomic mass is 10.3. The number of aliphatic carboxylic acids is 1. The van der Waals surface area contributed by atoms with Gasteiger partial charge in [0.25, 0.3) is 0 Å². The Morgan fingerprint density at radius 2 is 2.05 bits per heavy atom. The monoisotopic (exact) mass is 266 g/mol. The van der Waals surface area contributed by atoms with E-state index in [2.05, 4.69) is 21.4 Å². The van der Waals surface area contributed by atoms with E-state index < -0.39 is 5.97 Å². The average molecular weight is 266 g/mol. The Morgan fingerprint density at radius 1 is 1.32 bits per heavy atom. The van der Waals surface area contributed by atoms with Gasteiger partial charge in [0.15, 0.2) is 0 Å². The maximum absolute atomic E-state index is 10.7. The third kappa shape index (κ3) is 4.04. The average Bonchev–Trinajstić information content (AvgIpc) is 2.70. The third-order valence-corrected chi connectivity index (χ3v) is 3.56. The van der Waals surface area contributed by atoms with Crippen LogP contribution in [0.3, 0.4) is 0 Å². The molecule has 1 fully saturated rings. The summed E-state index contributed by atoms with van der Waals surface area (Å²) in [5.41, 5.74) is 1.23. The zero-order valence-corrected chi connectivity index (χ0v) is 11.5. The van der Waals surface area contributed by atoms with Crippen LogP contribution in [0.2, 0.25) is 0 Å². The number of aryl methyl sites for hydroxylation is 1. The van der Waals surface area contributed by atoms with E-state index in [9.17, 15) is 4.79 Å². The predicted molar refractivity (Wildman–Crippen MR) is 71.9 cm³/mol. The van der Waals surface area contributed by atoms with Gasteiger partial charge >= 0.3 is 5.97 Å². The molecule has 2 heterocycles. The lowest BCUT2D eigenvalue weighted by Gasteiger charge is -2.21. The summed E-state index contributed by atoms with van der Waals surface area (Å²) in [7, 11) is 0. The van der Waals surface area contributed by atoms with Crippen LogP contribution < -0.4 is 0 Å². The second-order valence-electron chi connectivity index (χ2n) is 4.97. The minimum absolute atomic E-state index is 0.154. The van der Waals surface area contributed by atoms with Crippen molar-refractivity contribution in [1.29, 1.82) is 0 Å². The first kappa shape index (κ1) is 14.0. The second-order valence-corrected chi connectivity index (χ2v) is 4.97. The van der Waals surface area contributed by atoms with Gasteiger partial charge in [-0.25, -0.2) is 4.98 Å². The third-order valence-electron chi connectivity index (χ3n) is 3.56. The molecular formula is C13H22N4O2. The Bertz CT molecular complexity index is 419. The van der Waals surface area contributed by atoms with Crippen molar-refractivity contribution in [3.63, 3.8) is 0 Å². The van der Waals surface area contributed by atoms with Gasteiger partial charge in [-0.1, -0.05) is 0 Å². The van der Waals surface area contributed by atoms with E-state index in [0.717, 1.165) is 45.7 Å². The van der Waals surface area contributed by atoms with Gasteiger partial charge < -0.3 is 9.67 Å². The molecule has 1 aliphatic heterocycles. The Hall–Kier alpha value is -1.40. The summed E-state index contributed by atoms with van der Waals surface area (Å²) in [5.74, 6) is -0.738. The van der Waals surface area contributed by atoms with Crippen molar-refractivity contribution in [2.75, 3.05) is 32.7 Å². The highest BCUT2D eigenvalue weighted by molar-refractivity contribution is 5.69. The van der Waals surface area contributed by atoms with Crippen molar-refractivity contribution in [2.45, 2.75) is 26.4 Å². The molecule has 0 amide bonds. The molecule has 1 saturated heterocycles. The molecule has 1 aromatic rings. The molecule has 0 bridgehead atoms. The minimum Gasteiger partial charge on any atom is -0.480 e. The SMILES string of the molecule is CCn1cncc1CN1CCCN(CC(=O)O)CC1. The van der Waals surface area contributed by atoms with Crippen LogP contribution in [0.15, 0.2) is 12.5 Å². The van der Waals surface area contributed by atoms with Crippen molar-refractivity contribution >= 4 is 5.97 Å². The molecule has 0 aromatic carbocycles. The van der Waals surface area contributed by atoms with Gasteiger partial charge in [0, 0.05) is 38.9 Å². The van der Waals surface area contributed by atoms with E-state index in [0.29, 0.717) is 0 Å². The van der Waals surface area contributed by atoms with Crippen molar-refractivity contribution in [3.8, 4) is 0 Å². The van der Waals surface area contributed by atoms with Crippen molar-refractivity contribution in [1.82, 2.24) is 19.4 Å². The standard InChI is InChI=1S/C13H22N4O2/c1-2-17-11-14-8-12(17)9-15-4-3-5-16(7-6-15)10-13(18)19/h8,11H,2-7,9-10H2,1H3,(H,18,19). The Morgan fingerprint density at radius 3 is 2.79 bits per heavy atom. The Kier molecular flexibility index (Phi) is 4.93. The largest absolute Gasteiger partial charge is 0.480 e. The van der Waals surface area contributed by atoms with Gasteiger partial charge in [-0.05, 0) is 19.9 Å². The number of nitrogens with zero attached hydrogens (tertiary/aromatic N) is 4. The fourth-order valence-corrected chi connectivity index (χ4v) is 2.53.